The van der Waals surface area contributed by atoms with Gasteiger partial charge in [-0.25, -0.2) is 4.79 Å². The zero-order valence-corrected chi connectivity index (χ0v) is 20.2. The molecule has 7 nitrogen and oxygen atoms in total. The van der Waals surface area contributed by atoms with Gasteiger partial charge in [0, 0.05) is 25.4 Å². The van der Waals surface area contributed by atoms with E-state index in [0.717, 1.165) is 47.9 Å². The van der Waals surface area contributed by atoms with Crippen LogP contribution in [-0.4, -0.2) is 53.7 Å². The summed E-state index contributed by atoms with van der Waals surface area (Å²) in [5, 5.41) is 11.8. The molecule has 2 aromatic carbocycles. The molecule has 0 spiro atoms. The third-order valence-corrected chi connectivity index (χ3v) is 7.20. The van der Waals surface area contributed by atoms with Gasteiger partial charge < -0.3 is 20.1 Å². The highest BCUT2D eigenvalue weighted by molar-refractivity contribution is 5.86. The number of carboxylic acid groups (broad SMARTS) is 1. The summed E-state index contributed by atoms with van der Waals surface area (Å²) >= 11 is 0. The van der Waals surface area contributed by atoms with Crippen LogP contribution in [0.25, 0.3) is 11.1 Å². The number of hydrogen-bond acceptors (Lipinski definition) is 4. The highest BCUT2D eigenvalue weighted by Gasteiger charge is 2.32. The van der Waals surface area contributed by atoms with E-state index in [-0.39, 0.29) is 31.3 Å². The number of ether oxygens (including phenoxy) is 1. The maximum absolute atomic E-state index is 13.2. The third kappa shape index (κ3) is 5.84. The SMILES string of the molecule is CCCC1CCN(C(=O)C(CCC(=O)O)NC(=O)OCC2c3ccccc3-c3ccccc32)CC1. The lowest BCUT2D eigenvalue weighted by atomic mass is 9.92. The van der Waals surface area contributed by atoms with Crippen molar-refractivity contribution in [2.45, 2.75) is 57.4 Å². The number of benzene rings is 2. The Labute approximate surface area is 206 Å². The van der Waals surface area contributed by atoms with Crippen molar-refractivity contribution in [3.05, 3.63) is 59.7 Å². The first kappa shape index (κ1) is 24.8. The van der Waals surface area contributed by atoms with E-state index >= 15 is 0 Å². The molecule has 0 aromatic heterocycles. The van der Waals surface area contributed by atoms with Crippen LogP contribution in [0, 0.1) is 5.92 Å². The van der Waals surface area contributed by atoms with Crippen molar-refractivity contribution < 1.29 is 24.2 Å². The van der Waals surface area contributed by atoms with E-state index < -0.39 is 18.1 Å². The number of likely N-dealkylation sites (tertiary alicyclic amines) is 1. The number of aliphatic carboxylic acids is 1. The van der Waals surface area contributed by atoms with E-state index in [0.29, 0.717) is 19.0 Å². The summed E-state index contributed by atoms with van der Waals surface area (Å²) in [7, 11) is 0. The van der Waals surface area contributed by atoms with Crippen molar-refractivity contribution in [2.24, 2.45) is 5.92 Å². The van der Waals surface area contributed by atoms with Crippen molar-refractivity contribution in [1.29, 1.82) is 0 Å². The maximum Gasteiger partial charge on any atom is 0.407 e. The molecule has 1 heterocycles. The molecule has 7 heteroatoms. The Morgan fingerprint density at radius 2 is 1.63 bits per heavy atom. The minimum absolute atomic E-state index is 0.0350. The quantitative estimate of drug-likeness (QED) is 0.540. The van der Waals surface area contributed by atoms with Gasteiger partial charge >= 0.3 is 12.1 Å². The first-order chi connectivity index (χ1) is 17.0. The molecule has 1 aliphatic carbocycles. The van der Waals surface area contributed by atoms with Crippen LogP contribution in [0.2, 0.25) is 0 Å². The van der Waals surface area contributed by atoms with Gasteiger partial charge in [0.25, 0.3) is 0 Å². The lowest BCUT2D eigenvalue weighted by Crippen LogP contribution is -2.51. The first-order valence-electron chi connectivity index (χ1n) is 12.6. The number of amides is 2. The number of piperidine rings is 1. The Morgan fingerprint density at radius 3 is 2.20 bits per heavy atom. The van der Waals surface area contributed by atoms with E-state index in [2.05, 4.69) is 24.4 Å². The van der Waals surface area contributed by atoms with Crippen molar-refractivity contribution in [1.82, 2.24) is 10.2 Å². The zero-order chi connectivity index (χ0) is 24.8. The summed E-state index contributed by atoms with van der Waals surface area (Å²) in [4.78, 5) is 38.8. The highest BCUT2D eigenvalue weighted by Crippen LogP contribution is 2.44. The molecule has 0 saturated carbocycles. The van der Waals surface area contributed by atoms with Crippen molar-refractivity contribution in [2.75, 3.05) is 19.7 Å². The largest absolute Gasteiger partial charge is 0.481 e. The van der Waals surface area contributed by atoms with Crippen LogP contribution in [0.4, 0.5) is 4.79 Å². The Hall–Kier alpha value is -3.35. The van der Waals surface area contributed by atoms with Crippen molar-refractivity contribution >= 4 is 18.0 Å². The predicted molar refractivity (Wildman–Crippen MR) is 133 cm³/mol. The first-order valence-corrected chi connectivity index (χ1v) is 12.6. The molecule has 2 N–H and O–H groups in total. The number of carboxylic acids is 1. The molecule has 186 valence electrons. The van der Waals surface area contributed by atoms with Gasteiger partial charge in [0.15, 0.2) is 0 Å². The average molecular weight is 479 g/mol. The summed E-state index contributed by atoms with van der Waals surface area (Å²) in [6.07, 6.45) is 3.30. The maximum atomic E-state index is 13.2. The Balaban J connectivity index is 1.39. The third-order valence-electron chi connectivity index (χ3n) is 7.20. The average Bonchev–Trinajstić information content (AvgIpc) is 3.19. The number of nitrogens with zero attached hydrogens (tertiary/aromatic N) is 1. The van der Waals surface area contributed by atoms with E-state index in [1.165, 1.54) is 0 Å². The lowest BCUT2D eigenvalue weighted by molar-refractivity contribution is -0.138. The fraction of sp³-hybridized carbons (Fsp3) is 0.464. The molecular formula is C28H34N2O5. The fourth-order valence-electron chi connectivity index (χ4n) is 5.38. The zero-order valence-electron chi connectivity index (χ0n) is 20.2. The summed E-state index contributed by atoms with van der Waals surface area (Å²) < 4.78 is 5.60. The minimum atomic E-state index is -1.00. The molecule has 2 aliphatic rings. The van der Waals surface area contributed by atoms with Crippen molar-refractivity contribution in [3.63, 3.8) is 0 Å². The van der Waals surface area contributed by atoms with Gasteiger partial charge in [-0.1, -0.05) is 68.3 Å². The molecule has 2 amide bonds. The van der Waals surface area contributed by atoms with Gasteiger partial charge in [-0.2, -0.15) is 0 Å². The molecule has 1 fully saturated rings. The van der Waals surface area contributed by atoms with E-state index in [1.54, 1.807) is 4.90 Å². The number of carbonyl (C=O) groups excluding carboxylic acids is 2. The van der Waals surface area contributed by atoms with Crippen LogP contribution >= 0.6 is 0 Å². The number of rotatable bonds is 9. The number of nitrogens with one attached hydrogen (secondary N) is 1. The summed E-state index contributed by atoms with van der Waals surface area (Å²) in [6.45, 7) is 3.58. The van der Waals surface area contributed by atoms with Crippen LogP contribution in [0.1, 0.15) is 62.5 Å². The van der Waals surface area contributed by atoms with E-state index in [9.17, 15) is 14.4 Å². The molecule has 0 radical (unpaired) electrons. The van der Waals surface area contributed by atoms with Crippen LogP contribution in [0.15, 0.2) is 48.5 Å². The Bertz CT molecular complexity index is 1020. The summed E-state index contributed by atoms with van der Waals surface area (Å²) in [6, 6.07) is 15.3. The van der Waals surface area contributed by atoms with Crippen LogP contribution in [0.5, 0.6) is 0 Å². The Morgan fingerprint density at radius 1 is 1.03 bits per heavy atom. The van der Waals surface area contributed by atoms with Gasteiger partial charge in [-0.15, -0.1) is 0 Å². The molecule has 0 bridgehead atoms. The molecule has 1 saturated heterocycles. The van der Waals surface area contributed by atoms with Gasteiger partial charge in [0.2, 0.25) is 5.91 Å². The molecule has 1 unspecified atom stereocenters. The number of carbonyl (C=O) groups is 3. The minimum Gasteiger partial charge on any atom is -0.481 e. The second-order valence-electron chi connectivity index (χ2n) is 9.51. The number of alkyl carbamates (subject to hydrolysis) is 1. The summed E-state index contributed by atoms with van der Waals surface area (Å²) in [5.41, 5.74) is 4.49. The summed E-state index contributed by atoms with van der Waals surface area (Å²) in [5.74, 6) is -0.691. The lowest BCUT2D eigenvalue weighted by Gasteiger charge is -2.34. The van der Waals surface area contributed by atoms with Crippen molar-refractivity contribution in [3.8, 4) is 11.1 Å². The van der Waals surface area contributed by atoms with Gasteiger partial charge in [-0.3, -0.25) is 9.59 Å². The topological polar surface area (TPSA) is 95.9 Å². The Kier molecular flexibility index (Phi) is 8.06. The van der Waals surface area contributed by atoms with Crippen LogP contribution in [-0.2, 0) is 14.3 Å². The highest BCUT2D eigenvalue weighted by atomic mass is 16.5. The molecule has 1 atom stereocenters. The molecule has 1 aliphatic heterocycles. The van der Waals surface area contributed by atoms with Crippen LogP contribution in [0.3, 0.4) is 0 Å². The van der Waals surface area contributed by atoms with Gasteiger partial charge in [-0.05, 0) is 47.4 Å². The van der Waals surface area contributed by atoms with Gasteiger partial charge in [0.05, 0.1) is 0 Å². The number of hydrogen-bond donors (Lipinski definition) is 2. The second-order valence-corrected chi connectivity index (χ2v) is 9.51. The van der Waals surface area contributed by atoms with Crippen LogP contribution < -0.4 is 5.32 Å². The molecule has 35 heavy (non-hydrogen) atoms. The van der Waals surface area contributed by atoms with E-state index in [1.807, 2.05) is 36.4 Å². The molecular weight excluding hydrogens is 444 g/mol. The normalized spacial score (nSPS) is 16.3. The monoisotopic (exact) mass is 478 g/mol. The molecule has 4 rings (SSSR count). The fourth-order valence-corrected chi connectivity index (χ4v) is 5.38. The van der Waals surface area contributed by atoms with Gasteiger partial charge in [0.1, 0.15) is 12.6 Å². The standard InChI is InChI=1S/C28H34N2O5/c1-2-7-19-14-16-30(17-15-19)27(33)25(12-13-26(31)32)29-28(34)35-18-24-22-10-5-3-8-20(22)21-9-4-6-11-23(21)24/h3-6,8-11,19,24-25H,2,7,12-18H2,1H3,(H,29,34)(H,31,32). The van der Waals surface area contributed by atoms with E-state index in [4.69, 9.17) is 9.84 Å². The molecule has 2 aromatic rings. The number of fused-ring (bicyclic) bond motifs is 3. The predicted octanol–water partition coefficient (Wildman–Crippen LogP) is 4.80. The second kappa shape index (κ2) is 11.4. The smallest absolute Gasteiger partial charge is 0.407 e.